The first-order valence-electron chi connectivity index (χ1n) is 11.6. The van der Waals surface area contributed by atoms with Crippen LogP contribution in [-0.4, -0.2) is 50.0 Å². The van der Waals surface area contributed by atoms with E-state index in [9.17, 15) is 9.18 Å². The highest BCUT2D eigenvalue weighted by molar-refractivity contribution is 5.92. The predicted octanol–water partition coefficient (Wildman–Crippen LogP) is 4.62. The number of nitrogens with zero attached hydrogens (tertiary/aromatic N) is 4. The molecule has 1 aliphatic heterocycles. The highest BCUT2D eigenvalue weighted by atomic mass is 19.1. The van der Waals surface area contributed by atoms with Crippen molar-refractivity contribution in [3.05, 3.63) is 53.9 Å². The molecule has 0 unspecified atom stereocenters. The van der Waals surface area contributed by atoms with Crippen LogP contribution in [0, 0.1) is 0 Å². The van der Waals surface area contributed by atoms with Crippen molar-refractivity contribution in [3.63, 3.8) is 0 Å². The normalized spacial score (nSPS) is 17.7. The topological polar surface area (TPSA) is 58.6 Å². The summed E-state index contributed by atoms with van der Waals surface area (Å²) >= 11 is 0. The molecule has 0 bridgehead atoms. The highest BCUT2D eigenvalue weighted by Gasteiger charge is 2.48. The maximum Gasteiger partial charge on any atom is 0.170 e. The summed E-state index contributed by atoms with van der Waals surface area (Å²) in [6.45, 7) is 1.95. The Kier molecular flexibility index (Phi) is 5.64. The number of carbonyl (C=O) groups is 1. The molecular weight excluding hydrogens is 419 g/mol. The van der Waals surface area contributed by atoms with Crippen molar-refractivity contribution >= 4 is 28.7 Å². The third kappa shape index (κ3) is 4.12. The van der Waals surface area contributed by atoms with Crippen LogP contribution in [0.25, 0.3) is 10.9 Å². The number of methoxy groups -OCH3 is 1. The van der Waals surface area contributed by atoms with Crippen molar-refractivity contribution in [3.8, 4) is 5.75 Å². The van der Waals surface area contributed by atoms with Crippen LogP contribution in [-0.2, 0) is 10.5 Å². The number of benzene rings is 2. The molecular formula is C26H29FN4O2. The molecule has 1 aromatic heterocycles. The zero-order chi connectivity index (χ0) is 23.0. The zero-order valence-electron chi connectivity index (χ0n) is 19.1. The van der Waals surface area contributed by atoms with E-state index in [0.717, 1.165) is 60.4 Å². The van der Waals surface area contributed by atoms with E-state index in [1.54, 1.807) is 7.11 Å². The Morgan fingerprint density at radius 1 is 1.18 bits per heavy atom. The van der Waals surface area contributed by atoms with Crippen molar-refractivity contribution in [2.45, 2.75) is 37.3 Å². The number of aromatic nitrogens is 2. The second kappa shape index (κ2) is 8.61. The summed E-state index contributed by atoms with van der Waals surface area (Å²) < 4.78 is 20.6. The number of carbonyl (C=O) groups excluding carboxylic acids is 1. The minimum atomic E-state index is -1.40. The fourth-order valence-electron chi connectivity index (χ4n) is 4.74. The average Bonchev–Trinajstić information content (AvgIpc) is 3.61. The molecule has 0 amide bonds. The molecule has 3 aromatic rings. The number of fused-ring (bicyclic) bond motifs is 1. The lowest BCUT2D eigenvalue weighted by molar-refractivity contribution is -0.106. The van der Waals surface area contributed by atoms with Crippen molar-refractivity contribution in [1.29, 1.82) is 0 Å². The third-order valence-corrected chi connectivity index (χ3v) is 6.91. The Morgan fingerprint density at radius 2 is 1.94 bits per heavy atom. The van der Waals surface area contributed by atoms with E-state index in [0.29, 0.717) is 31.1 Å². The lowest BCUT2D eigenvalue weighted by Gasteiger charge is -2.34. The van der Waals surface area contributed by atoms with E-state index in [4.69, 9.17) is 9.72 Å². The molecule has 1 saturated carbocycles. The largest absolute Gasteiger partial charge is 0.496 e. The van der Waals surface area contributed by atoms with E-state index < -0.39 is 5.67 Å². The maximum atomic E-state index is 15.0. The van der Waals surface area contributed by atoms with Crippen LogP contribution in [0.15, 0.2) is 42.5 Å². The predicted molar refractivity (Wildman–Crippen MR) is 128 cm³/mol. The van der Waals surface area contributed by atoms with Crippen molar-refractivity contribution in [1.82, 2.24) is 9.97 Å². The molecule has 1 saturated heterocycles. The average molecular weight is 449 g/mol. The quantitative estimate of drug-likeness (QED) is 0.492. The third-order valence-electron chi connectivity index (χ3n) is 6.91. The number of aldehydes is 1. The van der Waals surface area contributed by atoms with Crippen LogP contribution in [0.5, 0.6) is 5.75 Å². The Bertz CT molecular complexity index is 1170. The van der Waals surface area contributed by atoms with Gasteiger partial charge in [0.25, 0.3) is 0 Å². The van der Waals surface area contributed by atoms with E-state index in [1.165, 1.54) is 5.56 Å². The molecule has 2 aromatic carbocycles. The molecule has 5 rings (SSSR count). The molecule has 172 valence electrons. The number of para-hydroxylation sites is 1. The lowest BCUT2D eigenvalue weighted by Crippen LogP contribution is -2.34. The van der Waals surface area contributed by atoms with Gasteiger partial charge in [-0.2, -0.15) is 0 Å². The fraction of sp³-hybridized carbons (Fsp3) is 0.423. The van der Waals surface area contributed by atoms with E-state index >= 15 is 0 Å². The van der Waals surface area contributed by atoms with Gasteiger partial charge in [-0.1, -0.05) is 18.2 Å². The van der Waals surface area contributed by atoms with Crippen LogP contribution in [0.1, 0.15) is 43.0 Å². The van der Waals surface area contributed by atoms with Crippen LogP contribution in [0.3, 0.4) is 0 Å². The van der Waals surface area contributed by atoms with Gasteiger partial charge >= 0.3 is 0 Å². The zero-order valence-corrected chi connectivity index (χ0v) is 19.1. The number of alkyl halides is 1. The van der Waals surface area contributed by atoms with E-state index in [1.807, 2.05) is 42.3 Å². The van der Waals surface area contributed by atoms with Gasteiger partial charge in [-0.3, -0.25) is 0 Å². The van der Waals surface area contributed by atoms with Crippen molar-refractivity contribution in [2.24, 2.45) is 0 Å². The monoisotopic (exact) mass is 448 g/mol. The Balaban J connectivity index is 1.48. The number of halogens is 1. The van der Waals surface area contributed by atoms with Gasteiger partial charge in [-0.05, 0) is 61.4 Å². The molecule has 2 heterocycles. The summed E-state index contributed by atoms with van der Waals surface area (Å²) in [7, 11) is 3.59. The van der Waals surface area contributed by atoms with Gasteiger partial charge in [0, 0.05) is 31.2 Å². The summed E-state index contributed by atoms with van der Waals surface area (Å²) in [5, 5.41) is 0.897. The molecule has 7 heteroatoms. The molecule has 2 fully saturated rings. The van der Waals surface area contributed by atoms with Gasteiger partial charge < -0.3 is 19.3 Å². The molecule has 33 heavy (non-hydrogen) atoms. The number of piperidine rings is 1. The number of likely N-dealkylation sites (N-methyl/N-ethyl adjacent to an activating group) is 1. The molecule has 0 spiro atoms. The van der Waals surface area contributed by atoms with Gasteiger partial charge in [-0.15, -0.1) is 0 Å². The first-order chi connectivity index (χ1) is 16.0. The van der Waals surface area contributed by atoms with Crippen LogP contribution < -0.4 is 14.5 Å². The Morgan fingerprint density at radius 3 is 2.64 bits per heavy atom. The summed E-state index contributed by atoms with van der Waals surface area (Å²) in [6.07, 6.45) is 3.77. The Hall–Kier alpha value is -3.22. The van der Waals surface area contributed by atoms with Crippen molar-refractivity contribution in [2.75, 3.05) is 43.6 Å². The van der Waals surface area contributed by atoms with Gasteiger partial charge in [-0.25, -0.2) is 14.4 Å². The fourth-order valence-corrected chi connectivity index (χ4v) is 4.74. The summed E-state index contributed by atoms with van der Waals surface area (Å²) in [5.41, 5.74) is 1.50. The Labute approximate surface area is 193 Å². The second-order valence-corrected chi connectivity index (χ2v) is 9.09. The van der Waals surface area contributed by atoms with Gasteiger partial charge in [0.15, 0.2) is 11.5 Å². The summed E-state index contributed by atoms with van der Waals surface area (Å²) in [6, 6.07) is 14.1. The first kappa shape index (κ1) is 21.6. The number of rotatable bonds is 7. The van der Waals surface area contributed by atoms with E-state index in [2.05, 4.69) is 22.0 Å². The van der Waals surface area contributed by atoms with Gasteiger partial charge in [0.1, 0.15) is 17.9 Å². The first-order valence-corrected chi connectivity index (χ1v) is 11.6. The number of hydrogen-bond donors (Lipinski definition) is 0. The van der Waals surface area contributed by atoms with Gasteiger partial charge in [0.2, 0.25) is 0 Å². The second-order valence-electron chi connectivity index (χ2n) is 9.09. The summed E-state index contributed by atoms with van der Waals surface area (Å²) in [5.74, 6) is 2.43. The van der Waals surface area contributed by atoms with Gasteiger partial charge in [0.05, 0.1) is 19.2 Å². The molecule has 0 N–H and O–H groups in total. The standard InChI is InChI=1S/C26H29FN4O2/c1-30(15-16-32)19-7-8-22-21(17-19)24(29-25(28-22)26(27)11-12-26)31-13-9-18(10-14-31)20-5-3-4-6-23(20)33-2/h3-8,16-18H,9-15H2,1-2H3. The van der Waals surface area contributed by atoms with E-state index in [-0.39, 0.29) is 0 Å². The van der Waals surface area contributed by atoms with Crippen LogP contribution >= 0.6 is 0 Å². The molecule has 2 aliphatic rings. The molecule has 0 radical (unpaired) electrons. The number of anilines is 2. The van der Waals surface area contributed by atoms with Crippen molar-refractivity contribution < 1.29 is 13.9 Å². The molecule has 6 nitrogen and oxygen atoms in total. The van der Waals surface area contributed by atoms with Crippen LogP contribution in [0.2, 0.25) is 0 Å². The molecule has 0 atom stereocenters. The minimum Gasteiger partial charge on any atom is -0.496 e. The smallest absolute Gasteiger partial charge is 0.170 e. The highest BCUT2D eigenvalue weighted by Crippen LogP contribution is 2.49. The number of hydrogen-bond acceptors (Lipinski definition) is 6. The number of ether oxygens (including phenoxy) is 1. The maximum absolute atomic E-state index is 15.0. The SMILES string of the molecule is COc1ccccc1C1CCN(c2nc(C3(F)CC3)nc3ccc(N(C)CC=O)cc23)CC1. The summed E-state index contributed by atoms with van der Waals surface area (Å²) in [4.78, 5) is 24.5. The van der Waals surface area contributed by atoms with Crippen LogP contribution in [0.4, 0.5) is 15.9 Å². The molecule has 1 aliphatic carbocycles. The lowest BCUT2D eigenvalue weighted by atomic mass is 9.88. The minimum absolute atomic E-state index is 0.297.